The molecule has 0 aliphatic heterocycles. The first-order valence-corrected chi connectivity index (χ1v) is 6.81. The van der Waals surface area contributed by atoms with Crippen molar-refractivity contribution in [1.82, 2.24) is 0 Å². The topological polar surface area (TPSA) is 64.3 Å². The summed E-state index contributed by atoms with van der Waals surface area (Å²) in [4.78, 5) is 12.2. The van der Waals surface area contributed by atoms with Crippen LogP contribution in [0, 0.1) is 6.92 Å². The first-order chi connectivity index (χ1) is 9.49. The van der Waals surface area contributed by atoms with Crippen molar-refractivity contribution in [3.63, 3.8) is 0 Å². The molecule has 0 saturated carbocycles. The minimum atomic E-state index is -0.236. The molecule has 0 aliphatic rings. The molecule has 0 heterocycles. The second-order valence-electron chi connectivity index (χ2n) is 4.43. The average molecular weight is 335 g/mol. The number of aryl methyl sites for hydroxylation is 1. The number of halogens is 1. The van der Waals surface area contributed by atoms with E-state index in [4.69, 9.17) is 10.5 Å². The van der Waals surface area contributed by atoms with Gasteiger partial charge in [0.15, 0.2) is 0 Å². The molecule has 2 aromatic carbocycles. The van der Waals surface area contributed by atoms with Crippen molar-refractivity contribution < 1.29 is 9.53 Å². The lowest BCUT2D eigenvalue weighted by atomic mass is 10.1. The minimum Gasteiger partial charge on any atom is -0.497 e. The van der Waals surface area contributed by atoms with Gasteiger partial charge in [-0.1, -0.05) is 6.07 Å². The van der Waals surface area contributed by atoms with Crippen molar-refractivity contribution >= 4 is 33.2 Å². The highest BCUT2D eigenvalue weighted by atomic mass is 79.9. The fourth-order valence-electron chi connectivity index (χ4n) is 1.79. The molecule has 0 saturated heterocycles. The van der Waals surface area contributed by atoms with Crippen LogP contribution in [0.15, 0.2) is 40.9 Å². The highest BCUT2D eigenvalue weighted by Crippen LogP contribution is 2.25. The highest BCUT2D eigenvalue weighted by Gasteiger charge is 2.10. The summed E-state index contributed by atoms with van der Waals surface area (Å²) in [5, 5.41) is 2.84. The number of hydrogen-bond acceptors (Lipinski definition) is 3. The first kappa shape index (κ1) is 14.4. The zero-order valence-electron chi connectivity index (χ0n) is 11.2. The van der Waals surface area contributed by atoms with Gasteiger partial charge in [0, 0.05) is 21.8 Å². The predicted molar refractivity (Wildman–Crippen MR) is 84.2 cm³/mol. The van der Waals surface area contributed by atoms with Crippen molar-refractivity contribution in [2.45, 2.75) is 6.92 Å². The van der Waals surface area contributed by atoms with Crippen LogP contribution in [-0.4, -0.2) is 13.0 Å². The van der Waals surface area contributed by atoms with E-state index in [1.165, 1.54) is 7.11 Å². The van der Waals surface area contributed by atoms with Crippen molar-refractivity contribution in [1.29, 1.82) is 0 Å². The molecule has 0 spiro atoms. The van der Waals surface area contributed by atoms with E-state index < -0.39 is 0 Å². The highest BCUT2D eigenvalue weighted by molar-refractivity contribution is 9.10. The fourth-order valence-corrected chi connectivity index (χ4v) is 2.38. The van der Waals surface area contributed by atoms with Gasteiger partial charge < -0.3 is 15.8 Å². The van der Waals surface area contributed by atoms with Crippen LogP contribution >= 0.6 is 15.9 Å². The fraction of sp³-hybridized carbons (Fsp3) is 0.133. The molecule has 0 aromatic heterocycles. The van der Waals surface area contributed by atoms with Gasteiger partial charge in [0.05, 0.1) is 12.8 Å². The third-order valence-corrected chi connectivity index (χ3v) is 3.46. The molecule has 2 aromatic rings. The number of nitrogens with two attached hydrogens (primary N) is 1. The molecule has 5 heteroatoms. The van der Waals surface area contributed by atoms with E-state index in [0.717, 1.165) is 10.0 Å². The number of anilines is 2. The van der Waals surface area contributed by atoms with Gasteiger partial charge in [-0.05, 0) is 52.7 Å². The zero-order valence-corrected chi connectivity index (χ0v) is 12.8. The van der Waals surface area contributed by atoms with E-state index in [1.54, 1.807) is 18.2 Å². The summed E-state index contributed by atoms with van der Waals surface area (Å²) in [6.07, 6.45) is 0. The van der Waals surface area contributed by atoms with Crippen molar-refractivity contribution in [3.8, 4) is 5.75 Å². The molecule has 0 fully saturated rings. The van der Waals surface area contributed by atoms with Crippen LogP contribution in [0.4, 0.5) is 11.4 Å². The van der Waals surface area contributed by atoms with Gasteiger partial charge in [0.2, 0.25) is 0 Å². The second-order valence-corrected chi connectivity index (χ2v) is 5.29. The summed E-state index contributed by atoms with van der Waals surface area (Å²) in [6.45, 7) is 1.99. The number of methoxy groups -OCH3 is 1. The Morgan fingerprint density at radius 1 is 1.25 bits per heavy atom. The predicted octanol–water partition coefficient (Wildman–Crippen LogP) is 3.60. The Morgan fingerprint density at radius 2 is 2.00 bits per heavy atom. The van der Waals surface area contributed by atoms with Crippen molar-refractivity contribution in [3.05, 3.63) is 52.0 Å². The number of carbonyl (C=O) groups is 1. The first-order valence-electron chi connectivity index (χ1n) is 6.01. The number of hydrogen-bond donors (Lipinski definition) is 2. The monoisotopic (exact) mass is 334 g/mol. The molecule has 104 valence electrons. The maximum absolute atomic E-state index is 12.2. The molecule has 20 heavy (non-hydrogen) atoms. The lowest BCUT2D eigenvalue weighted by Crippen LogP contribution is -2.13. The summed E-state index contributed by atoms with van der Waals surface area (Å²) in [7, 11) is 1.53. The van der Waals surface area contributed by atoms with E-state index in [-0.39, 0.29) is 5.91 Å². The number of carbonyl (C=O) groups excluding carboxylic acids is 1. The van der Waals surface area contributed by atoms with E-state index in [1.807, 2.05) is 25.1 Å². The molecule has 0 unspecified atom stereocenters. The van der Waals surface area contributed by atoms with E-state index >= 15 is 0 Å². The molecule has 0 aliphatic carbocycles. The van der Waals surface area contributed by atoms with Gasteiger partial charge >= 0.3 is 0 Å². The van der Waals surface area contributed by atoms with Gasteiger partial charge in [-0.25, -0.2) is 0 Å². The molecule has 4 nitrogen and oxygen atoms in total. The Kier molecular flexibility index (Phi) is 4.29. The summed E-state index contributed by atoms with van der Waals surface area (Å²) >= 11 is 3.43. The molecule has 3 N–H and O–H groups in total. The summed E-state index contributed by atoms with van der Waals surface area (Å²) in [5.74, 6) is 0.318. The van der Waals surface area contributed by atoms with Crippen molar-refractivity contribution in [2.75, 3.05) is 18.2 Å². The van der Waals surface area contributed by atoms with Gasteiger partial charge in [0.1, 0.15) is 5.75 Å². The van der Waals surface area contributed by atoms with Crippen LogP contribution < -0.4 is 15.8 Å². The summed E-state index contributed by atoms with van der Waals surface area (Å²) in [5.41, 5.74) is 8.51. The third kappa shape index (κ3) is 3.30. The maximum Gasteiger partial charge on any atom is 0.255 e. The number of ether oxygens (including phenoxy) is 1. The Balaban J connectivity index is 2.26. The number of rotatable bonds is 3. The quantitative estimate of drug-likeness (QED) is 0.843. The smallest absolute Gasteiger partial charge is 0.255 e. The Morgan fingerprint density at radius 3 is 2.65 bits per heavy atom. The molecule has 0 atom stereocenters. The standard InChI is InChI=1S/C15H15BrN2O2/c1-9-3-4-14(13(16)5-9)18-15(19)10-6-11(17)8-12(7-10)20-2/h3-8H,17H2,1-2H3,(H,18,19). The number of amides is 1. The van der Waals surface area contributed by atoms with E-state index in [2.05, 4.69) is 21.2 Å². The maximum atomic E-state index is 12.2. The van der Waals surface area contributed by atoms with Gasteiger partial charge in [-0.3, -0.25) is 4.79 Å². The lowest BCUT2D eigenvalue weighted by molar-refractivity contribution is 0.102. The number of nitrogens with one attached hydrogen (secondary N) is 1. The molecular formula is C15H15BrN2O2. The molecular weight excluding hydrogens is 320 g/mol. The van der Waals surface area contributed by atoms with Crippen LogP contribution in [0.2, 0.25) is 0 Å². The molecule has 0 radical (unpaired) electrons. The van der Waals surface area contributed by atoms with E-state index in [9.17, 15) is 4.79 Å². The second kappa shape index (κ2) is 5.96. The van der Waals surface area contributed by atoms with Gasteiger partial charge in [0.25, 0.3) is 5.91 Å². The van der Waals surface area contributed by atoms with Crippen LogP contribution in [0.5, 0.6) is 5.75 Å². The van der Waals surface area contributed by atoms with Crippen LogP contribution in [-0.2, 0) is 0 Å². The zero-order chi connectivity index (χ0) is 14.7. The van der Waals surface area contributed by atoms with Gasteiger partial charge in [-0.2, -0.15) is 0 Å². The Bertz CT molecular complexity index is 656. The van der Waals surface area contributed by atoms with E-state index in [0.29, 0.717) is 22.7 Å². The normalized spacial score (nSPS) is 10.2. The van der Waals surface area contributed by atoms with Crippen molar-refractivity contribution in [2.24, 2.45) is 0 Å². The lowest BCUT2D eigenvalue weighted by Gasteiger charge is -2.10. The number of benzene rings is 2. The van der Waals surface area contributed by atoms with Crippen LogP contribution in [0.1, 0.15) is 15.9 Å². The molecule has 1 amide bonds. The summed E-state index contributed by atoms with van der Waals surface area (Å²) < 4.78 is 5.94. The minimum absolute atomic E-state index is 0.236. The Hall–Kier alpha value is -2.01. The molecule has 2 rings (SSSR count). The Labute approximate surface area is 126 Å². The van der Waals surface area contributed by atoms with Crippen LogP contribution in [0.25, 0.3) is 0 Å². The third-order valence-electron chi connectivity index (χ3n) is 2.80. The largest absolute Gasteiger partial charge is 0.497 e. The number of nitrogen functional groups attached to an aromatic ring is 1. The molecule has 0 bridgehead atoms. The summed E-state index contributed by atoms with van der Waals surface area (Å²) in [6, 6.07) is 10.6. The average Bonchev–Trinajstić information content (AvgIpc) is 2.41. The SMILES string of the molecule is COc1cc(N)cc(C(=O)Nc2ccc(C)cc2Br)c1. The van der Waals surface area contributed by atoms with Crippen LogP contribution in [0.3, 0.4) is 0 Å². The van der Waals surface area contributed by atoms with Gasteiger partial charge in [-0.15, -0.1) is 0 Å².